The van der Waals surface area contributed by atoms with Gasteiger partial charge >= 0.3 is 0 Å². The van der Waals surface area contributed by atoms with E-state index in [0.29, 0.717) is 0 Å². The van der Waals surface area contributed by atoms with Gasteiger partial charge in [-0.05, 0) is 33.8 Å². The van der Waals surface area contributed by atoms with Crippen LogP contribution in [0.25, 0.3) is 0 Å². The average molecular weight is 247 g/mol. The second-order valence-corrected chi connectivity index (χ2v) is 5.92. The van der Waals surface area contributed by atoms with E-state index in [1.54, 1.807) is 0 Å². The van der Waals surface area contributed by atoms with Crippen LogP contribution in [0.3, 0.4) is 0 Å². The zero-order valence-electron chi connectivity index (χ0n) is 12.2. The number of hydrogen-bond acceptors (Lipinski definition) is 3. The first-order chi connectivity index (χ1) is 8.29. The topological polar surface area (TPSA) is 28.2 Å². The Morgan fingerprint density at radius 2 is 2.11 bits per heavy atom. The summed E-state index contributed by atoms with van der Waals surface area (Å²) >= 11 is 0. The quantitative estimate of drug-likeness (QED) is 0.811. The first kappa shape index (κ1) is 14.7. The van der Waals surface area contributed by atoms with E-state index in [4.69, 9.17) is 0 Å². The molecule has 0 unspecified atom stereocenters. The molecule has 0 spiro atoms. The van der Waals surface area contributed by atoms with Crippen molar-refractivity contribution < 1.29 is 0 Å². The van der Waals surface area contributed by atoms with Crippen molar-refractivity contribution in [2.24, 2.45) is 0 Å². The molecule has 0 fully saturated rings. The van der Waals surface area contributed by atoms with Gasteiger partial charge in [0.05, 0.1) is 0 Å². The maximum atomic E-state index is 4.22. The van der Waals surface area contributed by atoms with Gasteiger partial charge in [-0.3, -0.25) is 4.98 Å². The average Bonchev–Trinajstić information content (AvgIpc) is 2.25. The first-order valence-corrected chi connectivity index (χ1v) is 6.33. The Kier molecular flexibility index (Phi) is 4.91. The SMILES string of the molecule is C=C(C)CN(C)c1ccncc1CNC(C)(C)C. The molecule has 0 saturated heterocycles. The molecule has 1 heterocycles. The number of anilines is 1. The molecule has 3 nitrogen and oxygen atoms in total. The maximum Gasteiger partial charge on any atom is 0.0443 e. The summed E-state index contributed by atoms with van der Waals surface area (Å²) in [6.07, 6.45) is 3.77. The van der Waals surface area contributed by atoms with E-state index in [1.807, 2.05) is 19.3 Å². The third-order valence-electron chi connectivity index (χ3n) is 2.61. The smallest absolute Gasteiger partial charge is 0.0443 e. The Balaban J connectivity index is 2.82. The van der Waals surface area contributed by atoms with E-state index >= 15 is 0 Å². The fourth-order valence-corrected chi connectivity index (χ4v) is 1.78. The second-order valence-electron chi connectivity index (χ2n) is 5.92. The molecular weight excluding hydrogens is 222 g/mol. The summed E-state index contributed by atoms with van der Waals surface area (Å²) in [5.41, 5.74) is 3.70. The lowest BCUT2D eigenvalue weighted by Gasteiger charge is -2.25. The summed E-state index contributed by atoms with van der Waals surface area (Å²) in [4.78, 5) is 6.43. The van der Waals surface area contributed by atoms with Gasteiger partial charge in [-0.2, -0.15) is 0 Å². The van der Waals surface area contributed by atoms with Gasteiger partial charge in [0.1, 0.15) is 0 Å². The molecule has 100 valence electrons. The predicted molar refractivity (Wildman–Crippen MR) is 78.9 cm³/mol. The van der Waals surface area contributed by atoms with Crippen LogP contribution in [-0.4, -0.2) is 24.1 Å². The molecule has 0 amide bonds. The monoisotopic (exact) mass is 247 g/mol. The Morgan fingerprint density at radius 3 is 2.67 bits per heavy atom. The number of hydrogen-bond donors (Lipinski definition) is 1. The molecule has 0 radical (unpaired) electrons. The Bertz CT molecular complexity index is 404. The number of pyridine rings is 1. The zero-order chi connectivity index (χ0) is 13.8. The van der Waals surface area contributed by atoms with Crippen LogP contribution in [0, 0.1) is 0 Å². The number of nitrogens with one attached hydrogen (secondary N) is 1. The molecule has 0 aliphatic carbocycles. The van der Waals surface area contributed by atoms with Crippen molar-refractivity contribution in [3.63, 3.8) is 0 Å². The molecule has 0 aromatic carbocycles. The van der Waals surface area contributed by atoms with E-state index in [-0.39, 0.29) is 5.54 Å². The Labute approximate surface area is 111 Å². The molecule has 0 aliphatic heterocycles. The molecule has 0 saturated carbocycles. The molecule has 0 bridgehead atoms. The summed E-state index contributed by atoms with van der Waals surface area (Å²) in [6.45, 7) is 14.2. The minimum atomic E-state index is 0.111. The zero-order valence-corrected chi connectivity index (χ0v) is 12.2. The molecule has 0 aliphatic rings. The van der Waals surface area contributed by atoms with Crippen LogP contribution in [0.2, 0.25) is 0 Å². The molecule has 1 aromatic heterocycles. The summed E-state index contributed by atoms with van der Waals surface area (Å²) in [5.74, 6) is 0. The Morgan fingerprint density at radius 1 is 1.44 bits per heavy atom. The van der Waals surface area contributed by atoms with Crippen LogP contribution in [0.15, 0.2) is 30.6 Å². The molecular formula is C15H25N3. The summed E-state index contributed by atoms with van der Waals surface area (Å²) < 4.78 is 0. The predicted octanol–water partition coefficient (Wildman–Crippen LogP) is 2.98. The van der Waals surface area contributed by atoms with Crippen LogP contribution >= 0.6 is 0 Å². The number of aromatic nitrogens is 1. The van der Waals surface area contributed by atoms with Crippen LogP contribution < -0.4 is 10.2 Å². The normalized spacial score (nSPS) is 11.4. The van der Waals surface area contributed by atoms with E-state index in [0.717, 1.165) is 18.7 Å². The van der Waals surface area contributed by atoms with Gasteiger partial charge in [-0.15, -0.1) is 0 Å². The van der Waals surface area contributed by atoms with Gasteiger partial charge in [0.2, 0.25) is 0 Å². The van der Waals surface area contributed by atoms with E-state index < -0.39 is 0 Å². The number of rotatable bonds is 5. The third-order valence-corrected chi connectivity index (χ3v) is 2.61. The second kappa shape index (κ2) is 6.01. The number of nitrogens with zero attached hydrogens (tertiary/aromatic N) is 2. The third kappa shape index (κ3) is 4.88. The van der Waals surface area contributed by atoms with Crippen molar-refractivity contribution >= 4 is 5.69 Å². The van der Waals surface area contributed by atoms with Crippen molar-refractivity contribution in [2.75, 3.05) is 18.5 Å². The summed E-state index contributed by atoms with van der Waals surface area (Å²) in [6, 6.07) is 2.06. The highest BCUT2D eigenvalue weighted by Crippen LogP contribution is 2.19. The van der Waals surface area contributed by atoms with E-state index in [2.05, 4.69) is 55.7 Å². The van der Waals surface area contributed by atoms with Crippen LogP contribution in [-0.2, 0) is 6.54 Å². The van der Waals surface area contributed by atoms with Crippen molar-refractivity contribution in [3.8, 4) is 0 Å². The Hall–Kier alpha value is -1.35. The van der Waals surface area contributed by atoms with E-state index in [9.17, 15) is 0 Å². The minimum absolute atomic E-state index is 0.111. The molecule has 1 rings (SSSR count). The lowest BCUT2D eigenvalue weighted by atomic mass is 10.1. The molecule has 3 heteroatoms. The van der Waals surface area contributed by atoms with Crippen LogP contribution in [0.5, 0.6) is 0 Å². The fraction of sp³-hybridized carbons (Fsp3) is 0.533. The molecule has 1 N–H and O–H groups in total. The van der Waals surface area contributed by atoms with Gasteiger partial charge in [0.25, 0.3) is 0 Å². The van der Waals surface area contributed by atoms with Crippen molar-refractivity contribution in [1.29, 1.82) is 0 Å². The van der Waals surface area contributed by atoms with Crippen LogP contribution in [0.1, 0.15) is 33.3 Å². The molecule has 18 heavy (non-hydrogen) atoms. The molecule has 0 atom stereocenters. The van der Waals surface area contributed by atoms with Crippen molar-refractivity contribution in [3.05, 3.63) is 36.2 Å². The lowest BCUT2D eigenvalue weighted by Crippen LogP contribution is -2.35. The van der Waals surface area contributed by atoms with Crippen molar-refractivity contribution in [2.45, 2.75) is 39.8 Å². The van der Waals surface area contributed by atoms with Crippen LogP contribution in [0.4, 0.5) is 5.69 Å². The van der Waals surface area contributed by atoms with E-state index in [1.165, 1.54) is 11.3 Å². The summed E-state index contributed by atoms with van der Waals surface area (Å²) in [5, 5.41) is 3.50. The largest absolute Gasteiger partial charge is 0.370 e. The maximum absolute atomic E-state index is 4.22. The highest BCUT2D eigenvalue weighted by atomic mass is 15.1. The first-order valence-electron chi connectivity index (χ1n) is 6.33. The van der Waals surface area contributed by atoms with Gasteiger partial charge in [0, 0.05) is 49.3 Å². The number of likely N-dealkylation sites (N-methyl/N-ethyl adjacent to an activating group) is 1. The van der Waals surface area contributed by atoms with Gasteiger partial charge in [-0.25, -0.2) is 0 Å². The standard InChI is InChI=1S/C15H25N3/c1-12(2)11-18(6)14-7-8-16-9-13(14)10-17-15(3,4)5/h7-9,17H,1,10-11H2,2-6H3. The highest BCUT2D eigenvalue weighted by molar-refractivity contribution is 5.52. The highest BCUT2D eigenvalue weighted by Gasteiger charge is 2.12. The minimum Gasteiger partial charge on any atom is -0.370 e. The van der Waals surface area contributed by atoms with Crippen molar-refractivity contribution in [1.82, 2.24) is 10.3 Å². The van der Waals surface area contributed by atoms with Gasteiger partial charge in [-0.1, -0.05) is 12.2 Å². The van der Waals surface area contributed by atoms with Gasteiger partial charge < -0.3 is 10.2 Å². The lowest BCUT2D eigenvalue weighted by molar-refractivity contribution is 0.424. The molecule has 1 aromatic rings. The fourth-order valence-electron chi connectivity index (χ4n) is 1.78. The van der Waals surface area contributed by atoms with Gasteiger partial charge in [0.15, 0.2) is 0 Å². The summed E-state index contributed by atoms with van der Waals surface area (Å²) in [7, 11) is 2.09.